The zero-order chi connectivity index (χ0) is 12.5. The summed E-state index contributed by atoms with van der Waals surface area (Å²) in [6.45, 7) is 3.47. The van der Waals surface area contributed by atoms with Gasteiger partial charge in [-0.2, -0.15) is 0 Å². The second-order valence-corrected chi connectivity index (χ2v) is 5.30. The van der Waals surface area contributed by atoms with Crippen LogP contribution in [-0.4, -0.2) is 13.6 Å². The first kappa shape index (κ1) is 11.3. The molecule has 2 atom stereocenters. The van der Waals surface area contributed by atoms with Crippen LogP contribution in [0.3, 0.4) is 0 Å². The normalized spacial score (nSPS) is 22.7. The highest BCUT2D eigenvalue weighted by molar-refractivity contribution is 5.59. The Morgan fingerprint density at radius 1 is 0.944 bits per heavy atom. The minimum Gasteiger partial charge on any atom is -0.374 e. The first-order chi connectivity index (χ1) is 8.77. The Labute approximate surface area is 109 Å². The summed E-state index contributed by atoms with van der Waals surface area (Å²) in [7, 11) is 2.19. The minimum absolute atomic E-state index is 0.526. The molecule has 2 aromatic rings. The maximum Gasteiger partial charge on any atom is 0.0402 e. The average molecular weight is 237 g/mol. The van der Waals surface area contributed by atoms with E-state index in [-0.39, 0.29) is 0 Å². The zero-order valence-corrected chi connectivity index (χ0v) is 11.0. The van der Waals surface area contributed by atoms with Gasteiger partial charge in [0, 0.05) is 25.2 Å². The fourth-order valence-corrected chi connectivity index (χ4v) is 3.21. The predicted octanol–water partition coefficient (Wildman–Crippen LogP) is 3.90. The van der Waals surface area contributed by atoms with Gasteiger partial charge >= 0.3 is 0 Å². The molecule has 0 unspecified atom stereocenters. The summed E-state index contributed by atoms with van der Waals surface area (Å²) in [4.78, 5) is 2.37. The third-order valence-electron chi connectivity index (χ3n) is 3.97. The van der Waals surface area contributed by atoms with Crippen molar-refractivity contribution < 1.29 is 0 Å². The summed E-state index contributed by atoms with van der Waals surface area (Å²) in [5.41, 5.74) is 4.28. The van der Waals surface area contributed by atoms with Gasteiger partial charge in [-0.3, -0.25) is 0 Å². The van der Waals surface area contributed by atoms with E-state index in [2.05, 4.69) is 73.5 Å². The van der Waals surface area contributed by atoms with Crippen molar-refractivity contribution >= 4 is 5.69 Å². The highest BCUT2D eigenvalue weighted by Gasteiger charge is 2.29. The molecule has 1 aliphatic rings. The molecule has 0 aromatic heterocycles. The number of para-hydroxylation sites is 1. The third-order valence-corrected chi connectivity index (χ3v) is 3.97. The second-order valence-electron chi connectivity index (χ2n) is 5.30. The molecule has 0 amide bonds. The number of nitrogens with zero attached hydrogens (tertiary/aromatic N) is 1. The summed E-state index contributed by atoms with van der Waals surface area (Å²) in [6.07, 6.45) is 0. The van der Waals surface area contributed by atoms with Crippen LogP contribution in [0.2, 0.25) is 0 Å². The van der Waals surface area contributed by atoms with E-state index in [1.54, 1.807) is 0 Å². The van der Waals surface area contributed by atoms with Crippen LogP contribution in [0.5, 0.6) is 0 Å². The van der Waals surface area contributed by atoms with Gasteiger partial charge in [0.25, 0.3) is 0 Å². The first-order valence-corrected chi connectivity index (χ1v) is 6.62. The molecule has 1 aliphatic heterocycles. The topological polar surface area (TPSA) is 3.24 Å². The van der Waals surface area contributed by atoms with E-state index in [4.69, 9.17) is 0 Å². The van der Waals surface area contributed by atoms with E-state index in [0.717, 1.165) is 6.54 Å². The van der Waals surface area contributed by atoms with Crippen molar-refractivity contribution in [3.05, 3.63) is 65.7 Å². The van der Waals surface area contributed by atoms with Crippen LogP contribution in [0.4, 0.5) is 5.69 Å². The monoisotopic (exact) mass is 237 g/mol. The van der Waals surface area contributed by atoms with Crippen molar-refractivity contribution in [3.8, 4) is 0 Å². The Hall–Kier alpha value is -1.76. The maximum atomic E-state index is 2.37. The fourth-order valence-electron chi connectivity index (χ4n) is 3.21. The first-order valence-electron chi connectivity index (χ1n) is 6.62. The Bertz CT molecular complexity index is 532. The summed E-state index contributed by atoms with van der Waals surface area (Å²) in [5.74, 6) is 1.17. The van der Waals surface area contributed by atoms with Gasteiger partial charge < -0.3 is 4.90 Å². The molecule has 1 nitrogen and oxygen atoms in total. The molecular formula is C17H19N. The molecule has 3 rings (SSSR count). The maximum absolute atomic E-state index is 2.37. The quantitative estimate of drug-likeness (QED) is 0.727. The van der Waals surface area contributed by atoms with Crippen LogP contribution in [0.1, 0.15) is 24.0 Å². The van der Waals surface area contributed by atoms with Gasteiger partial charge in [0.2, 0.25) is 0 Å². The number of fused-ring (bicyclic) bond motifs is 1. The van der Waals surface area contributed by atoms with E-state index >= 15 is 0 Å². The molecule has 1 heterocycles. The van der Waals surface area contributed by atoms with Gasteiger partial charge in [-0.15, -0.1) is 0 Å². The molecule has 0 fully saturated rings. The molecule has 0 aliphatic carbocycles. The highest BCUT2D eigenvalue weighted by atomic mass is 15.1. The van der Waals surface area contributed by atoms with Gasteiger partial charge in [0.15, 0.2) is 0 Å². The number of anilines is 1. The van der Waals surface area contributed by atoms with Crippen molar-refractivity contribution in [3.63, 3.8) is 0 Å². The Morgan fingerprint density at radius 3 is 2.39 bits per heavy atom. The lowest BCUT2D eigenvalue weighted by molar-refractivity contribution is 0.490. The summed E-state index contributed by atoms with van der Waals surface area (Å²) in [5, 5.41) is 0. The van der Waals surface area contributed by atoms with Gasteiger partial charge in [0.1, 0.15) is 0 Å². The molecule has 0 N–H and O–H groups in total. The van der Waals surface area contributed by atoms with Crippen molar-refractivity contribution in [2.24, 2.45) is 5.92 Å². The van der Waals surface area contributed by atoms with Crippen molar-refractivity contribution in [1.82, 2.24) is 0 Å². The molecule has 92 valence electrons. The molecule has 0 bridgehead atoms. The van der Waals surface area contributed by atoms with Crippen molar-refractivity contribution in [2.45, 2.75) is 12.8 Å². The van der Waals surface area contributed by atoms with Crippen LogP contribution in [0, 0.1) is 5.92 Å². The molecule has 0 saturated carbocycles. The van der Waals surface area contributed by atoms with Crippen LogP contribution >= 0.6 is 0 Å². The van der Waals surface area contributed by atoms with E-state index in [0.29, 0.717) is 11.8 Å². The lowest BCUT2D eigenvalue weighted by Gasteiger charge is -2.38. The highest BCUT2D eigenvalue weighted by Crippen LogP contribution is 2.41. The molecule has 0 spiro atoms. The third kappa shape index (κ3) is 1.80. The summed E-state index contributed by atoms with van der Waals surface area (Å²) in [6, 6.07) is 19.7. The van der Waals surface area contributed by atoms with Crippen LogP contribution in [0.15, 0.2) is 54.6 Å². The van der Waals surface area contributed by atoms with E-state index in [1.165, 1.54) is 16.8 Å². The van der Waals surface area contributed by atoms with Gasteiger partial charge in [0.05, 0.1) is 0 Å². The summed E-state index contributed by atoms with van der Waals surface area (Å²) >= 11 is 0. The van der Waals surface area contributed by atoms with E-state index in [1.807, 2.05) is 0 Å². The molecule has 0 radical (unpaired) electrons. The van der Waals surface area contributed by atoms with Crippen LogP contribution < -0.4 is 4.90 Å². The van der Waals surface area contributed by atoms with Crippen molar-refractivity contribution in [1.29, 1.82) is 0 Å². The number of hydrogen-bond donors (Lipinski definition) is 0. The van der Waals surface area contributed by atoms with Gasteiger partial charge in [-0.25, -0.2) is 0 Å². The number of benzene rings is 2. The largest absolute Gasteiger partial charge is 0.374 e. The van der Waals surface area contributed by atoms with Crippen molar-refractivity contribution in [2.75, 3.05) is 18.5 Å². The summed E-state index contributed by atoms with van der Waals surface area (Å²) < 4.78 is 0. The van der Waals surface area contributed by atoms with Crippen LogP contribution in [-0.2, 0) is 0 Å². The number of rotatable bonds is 1. The average Bonchev–Trinajstić information content (AvgIpc) is 2.40. The SMILES string of the molecule is C[C@@H]1CN(C)c2ccccc2[C@H]1c1ccccc1. The predicted molar refractivity (Wildman–Crippen MR) is 77.2 cm³/mol. The second kappa shape index (κ2) is 4.49. The molecule has 1 heteroatoms. The minimum atomic E-state index is 0.526. The Balaban J connectivity index is 2.12. The zero-order valence-electron chi connectivity index (χ0n) is 11.0. The van der Waals surface area contributed by atoms with Gasteiger partial charge in [-0.1, -0.05) is 55.5 Å². The van der Waals surface area contributed by atoms with E-state index in [9.17, 15) is 0 Å². The van der Waals surface area contributed by atoms with E-state index < -0.39 is 0 Å². The Morgan fingerprint density at radius 2 is 1.61 bits per heavy atom. The standard InChI is InChI=1S/C17H19N/c1-13-12-18(2)16-11-7-6-10-15(16)17(13)14-8-4-3-5-9-14/h3-11,13,17H,12H2,1-2H3/t13-,17-/m1/s1. The molecule has 0 saturated heterocycles. The molecule has 2 aromatic carbocycles. The smallest absolute Gasteiger partial charge is 0.0402 e. The Kier molecular flexibility index (Phi) is 2.83. The fraction of sp³-hybridized carbons (Fsp3) is 0.294. The van der Waals surface area contributed by atoms with Crippen LogP contribution in [0.25, 0.3) is 0 Å². The molecule has 18 heavy (non-hydrogen) atoms. The van der Waals surface area contributed by atoms with Gasteiger partial charge in [-0.05, 0) is 23.1 Å². The lowest BCUT2D eigenvalue weighted by atomic mass is 9.78. The number of hydrogen-bond acceptors (Lipinski definition) is 1. The molecular weight excluding hydrogens is 218 g/mol. The lowest BCUT2D eigenvalue weighted by Crippen LogP contribution is -2.34.